The maximum absolute atomic E-state index is 5.93. The van der Waals surface area contributed by atoms with Gasteiger partial charge in [0.05, 0.1) is 0 Å². The maximum Gasteiger partial charge on any atom is 0.230 e. The fourth-order valence-corrected chi connectivity index (χ4v) is 2.56. The van der Waals surface area contributed by atoms with Crippen LogP contribution in [-0.2, 0) is 6.42 Å². The smallest absolute Gasteiger partial charge is 0.230 e. The van der Waals surface area contributed by atoms with Gasteiger partial charge in [0.15, 0.2) is 5.82 Å². The minimum Gasteiger partial charge on any atom is -0.389 e. The number of allylic oxidation sites excluding steroid dienone is 1. The number of hydrogen-bond acceptors (Lipinski definition) is 6. The Labute approximate surface area is 190 Å². The van der Waals surface area contributed by atoms with E-state index >= 15 is 0 Å². The summed E-state index contributed by atoms with van der Waals surface area (Å²) in [6.07, 6.45) is 4.00. The van der Waals surface area contributed by atoms with Gasteiger partial charge in [0.25, 0.3) is 0 Å². The van der Waals surface area contributed by atoms with E-state index in [1.165, 1.54) is 11.9 Å². The first-order valence-electron chi connectivity index (χ1n) is 10.2. The molecule has 0 unspecified atom stereocenters. The summed E-state index contributed by atoms with van der Waals surface area (Å²) in [4.78, 5) is 16.8. The van der Waals surface area contributed by atoms with Gasteiger partial charge < -0.3 is 10.6 Å². The van der Waals surface area contributed by atoms with Crippen LogP contribution in [0.1, 0.15) is 40.2 Å². The van der Waals surface area contributed by atoms with Crippen molar-refractivity contribution in [2.24, 2.45) is 5.41 Å². The van der Waals surface area contributed by atoms with Gasteiger partial charge in [-0.05, 0) is 48.6 Å². The minimum absolute atomic E-state index is 0.397. The molecule has 2 heterocycles. The second kappa shape index (κ2) is 11.4. The van der Waals surface area contributed by atoms with Crippen LogP contribution in [0.25, 0.3) is 11.4 Å². The molecule has 0 spiro atoms. The molecule has 7 heteroatoms. The fourth-order valence-electron chi connectivity index (χ4n) is 2.39. The quantitative estimate of drug-likeness (QED) is 0.437. The van der Waals surface area contributed by atoms with Crippen molar-refractivity contribution in [2.75, 3.05) is 11.9 Å². The largest absolute Gasteiger partial charge is 0.389 e. The average Bonchev–Trinajstić information content (AvgIpc) is 2.67. The van der Waals surface area contributed by atoms with Gasteiger partial charge in [-0.1, -0.05) is 58.0 Å². The van der Waals surface area contributed by atoms with E-state index in [-0.39, 0.29) is 0 Å². The molecular weight excluding hydrogens is 408 g/mol. The summed E-state index contributed by atoms with van der Waals surface area (Å²) in [5, 5.41) is 6.85. The van der Waals surface area contributed by atoms with E-state index in [2.05, 4.69) is 77.0 Å². The van der Waals surface area contributed by atoms with Crippen molar-refractivity contribution >= 4 is 23.2 Å². The summed E-state index contributed by atoms with van der Waals surface area (Å²) in [5.74, 6) is 1.01. The second-order valence-corrected chi connectivity index (χ2v) is 9.17. The van der Waals surface area contributed by atoms with Gasteiger partial charge in [-0.15, -0.1) is 0 Å². The molecule has 0 saturated heterocycles. The summed E-state index contributed by atoms with van der Waals surface area (Å²) >= 11 is 5.93. The van der Waals surface area contributed by atoms with Gasteiger partial charge in [0, 0.05) is 29.7 Å². The number of halogens is 1. The molecule has 3 aromatic rings. The third-order valence-electron chi connectivity index (χ3n) is 3.58. The van der Waals surface area contributed by atoms with Gasteiger partial charge in [0.1, 0.15) is 11.5 Å². The number of nitrogens with zero attached hydrogens (tertiary/aromatic N) is 4. The summed E-state index contributed by atoms with van der Waals surface area (Å²) in [6, 6.07) is 11.7. The molecule has 0 saturated carbocycles. The molecule has 0 bridgehead atoms. The predicted molar refractivity (Wildman–Crippen MR) is 129 cm³/mol. The van der Waals surface area contributed by atoms with Crippen molar-refractivity contribution in [3.8, 4) is 11.4 Å². The number of benzene rings is 1. The first-order chi connectivity index (χ1) is 14.6. The lowest BCUT2D eigenvalue weighted by Crippen LogP contribution is -2.13. The zero-order valence-electron chi connectivity index (χ0n) is 18.9. The maximum atomic E-state index is 5.93. The summed E-state index contributed by atoms with van der Waals surface area (Å²) < 4.78 is 0. The number of hydrogen-bond donors (Lipinski definition) is 2. The van der Waals surface area contributed by atoms with E-state index < -0.39 is 0 Å². The van der Waals surface area contributed by atoms with Crippen LogP contribution in [0, 0.1) is 5.41 Å². The lowest BCUT2D eigenvalue weighted by Gasteiger charge is -2.09. The SMILES string of the molecule is C=C(C)NCCc1cccc(Nc2ncnc(-c3ccnc(Cl)c3)n2)c1.CC(C)(C)C. The molecular formula is C24H31ClN6. The Kier molecular flexibility index (Phi) is 8.94. The third-order valence-corrected chi connectivity index (χ3v) is 3.79. The molecule has 0 fully saturated rings. The summed E-state index contributed by atoms with van der Waals surface area (Å²) in [7, 11) is 0. The molecule has 0 aliphatic rings. The van der Waals surface area contributed by atoms with E-state index in [4.69, 9.17) is 11.6 Å². The zero-order chi connectivity index (χ0) is 22.9. The van der Waals surface area contributed by atoms with Crippen molar-refractivity contribution in [2.45, 2.75) is 41.0 Å². The van der Waals surface area contributed by atoms with E-state index in [0.717, 1.165) is 29.9 Å². The highest BCUT2D eigenvalue weighted by Gasteiger charge is 2.06. The molecule has 0 radical (unpaired) electrons. The van der Waals surface area contributed by atoms with Crippen molar-refractivity contribution in [1.82, 2.24) is 25.3 Å². The molecule has 2 N–H and O–H groups in total. The normalized spacial score (nSPS) is 10.6. The van der Waals surface area contributed by atoms with Crippen molar-refractivity contribution in [1.29, 1.82) is 0 Å². The number of rotatable bonds is 7. The molecule has 31 heavy (non-hydrogen) atoms. The molecule has 0 aliphatic carbocycles. The standard InChI is InChI=1S/C19H19ClN6.C5H12/c1-13(2)21-8-6-14-4-3-5-16(10-14)25-19-24-12-23-18(26-19)15-7-9-22-17(20)11-15;1-5(2,3)4/h3-5,7,9-12,21H,1,6,8H2,2H3,(H,23,24,25,26);1-4H3. The molecule has 0 amide bonds. The van der Waals surface area contributed by atoms with Gasteiger partial charge >= 0.3 is 0 Å². The lowest BCUT2D eigenvalue weighted by atomic mass is 10.0. The Morgan fingerprint density at radius 1 is 1.06 bits per heavy atom. The summed E-state index contributed by atoms with van der Waals surface area (Å²) in [6.45, 7) is 15.4. The molecule has 2 aromatic heterocycles. The third kappa shape index (κ3) is 10.0. The second-order valence-electron chi connectivity index (χ2n) is 8.78. The topological polar surface area (TPSA) is 75.6 Å². The monoisotopic (exact) mass is 438 g/mol. The van der Waals surface area contributed by atoms with Crippen molar-refractivity contribution < 1.29 is 0 Å². The average molecular weight is 439 g/mol. The van der Waals surface area contributed by atoms with E-state index in [1.54, 1.807) is 18.3 Å². The minimum atomic E-state index is 0.397. The van der Waals surface area contributed by atoms with Gasteiger partial charge in [-0.2, -0.15) is 4.98 Å². The molecule has 164 valence electrons. The molecule has 3 rings (SSSR count). The van der Waals surface area contributed by atoms with Crippen LogP contribution < -0.4 is 10.6 Å². The zero-order valence-corrected chi connectivity index (χ0v) is 19.7. The Morgan fingerprint density at radius 2 is 1.81 bits per heavy atom. The van der Waals surface area contributed by atoms with E-state index in [1.807, 2.05) is 19.1 Å². The highest BCUT2D eigenvalue weighted by atomic mass is 35.5. The molecule has 0 aliphatic heterocycles. The predicted octanol–water partition coefficient (Wildman–Crippen LogP) is 6.05. The van der Waals surface area contributed by atoms with E-state index in [0.29, 0.717) is 22.3 Å². The van der Waals surface area contributed by atoms with Crippen LogP contribution in [0.15, 0.2) is 61.2 Å². The van der Waals surface area contributed by atoms with Crippen LogP contribution >= 0.6 is 11.6 Å². The lowest BCUT2D eigenvalue weighted by molar-refractivity contribution is 0.469. The van der Waals surface area contributed by atoms with Gasteiger partial charge in [0.2, 0.25) is 5.95 Å². The Hall–Kier alpha value is -2.99. The fraction of sp³-hybridized carbons (Fsp3) is 0.333. The van der Waals surface area contributed by atoms with Crippen LogP contribution in [0.5, 0.6) is 0 Å². The molecule has 6 nitrogen and oxygen atoms in total. The number of anilines is 2. The van der Waals surface area contributed by atoms with Crippen molar-refractivity contribution in [3.63, 3.8) is 0 Å². The number of pyridine rings is 1. The highest BCUT2D eigenvalue weighted by molar-refractivity contribution is 6.29. The van der Waals surface area contributed by atoms with Crippen molar-refractivity contribution in [3.05, 3.63) is 71.9 Å². The molecule has 0 atom stereocenters. The van der Waals surface area contributed by atoms with Crippen LogP contribution in [-0.4, -0.2) is 26.5 Å². The highest BCUT2D eigenvalue weighted by Crippen LogP contribution is 2.20. The summed E-state index contributed by atoms with van der Waals surface area (Å²) in [5.41, 5.74) is 4.38. The van der Waals surface area contributed by atoms with Crippen LogP contribution in [0.3, 0.4) is 0 Å². The van der Waals surface area contributed by atoms with E-state index in [9.17, 15) is 0 Å². The Balaban J connectivity index is 0.000000614. The van der Waals surface area contributed by atoms with Crippen LogP contribution in [0.4, 0.5) is 11.6 Å². The Bertz CT molecular complexity index is 991. The molecule has 1 aromatic carbocycles. The first kappa shape index (κ1) is 24.3. The van der Waals surface area contributed by atoms with Crippen LogP contribution in [0.2, 0.25) is 5.15 Å². The Morgan fingerprint density at radius 3 is 2.48 bits per heavy atom. The first-order valence-corrected chi connectivity index (χ1v) is 10.5. The van der Waals surface area contributed by atoms with Gasteiger partial charge in [-0.3, -0.25) is 0 Å². The van der Waals surface area contributed by atoms with Gasteiger partial charge in [-0.25, -0.2) is 15.0 Å². The number of nitrogens with one attached hydrogen (secondary N) is 2. The number of aromatic nitrogens is 4.